The van der Waals surface area contributed by atoms with E-state index >= 15 is 0 Å². The van der Waals surface area contributed by atoms with E-state index in [0.717, 1.165) is 34.0 Å². The van der Waals surface area contributed by atoms with Gasteiger partial charge in [-0.15, -0.1) is 0 Å². The quantitative estimate of drug-likeness (QED) is 0.219. The number of thiocarbonyl (C=S) groups is 1. The molecule has 10 heteroatoms. The molecule has 0 saturated carbocycles. The largest absolute Gasteiger partial charge is 0.494 e. The second-order valence-corrected chi connectivity index (χ2v) is 10.7. The van der Waals surface area contributed by atoms with Crippen molar-refractivity contribution in [3.05, 3.63) is 99.6 Å². The number of nitrogens with zero attached hydrogens (tertiary/aromatic N) is 3. The number of halogens is 2. The fourth-order valence-corrected chi connectivity index (χ4v) is 5.97. The Morgan fingerprint density at radius 3 is 2.62 bits per heavy atom. The second-order valence-electron chi connectivity index (χ2n) is 9.52. The van der Waals surface area contributed by atoms with E-state index in [4.69, 9.17) is 40.2 Å². The Morgan fingerprint density at radius 2 is 1.93 bits per heavy atom. The fraction of sp³-hybridized carbons (Fsp3) is 0.233. The van der Waals surface area contributed by atoms with E-state index in [0.29, 0.717) is 33.0 Å². The maximum absolute atomic E-state index is 12.1. The van der Waals surface area contributed by atoms with Gasteiger partial charge in [-0.05, 0) is 74.1 Å². The number of carbonyl (C=O) groups excluding carboxylic acids is 1. The summed E-state index contributed by atoms with van der Waals surface area (Å²) >= 11 is 19.0. The Morgan fingerprint density at radius 1 is 1.12 bits per heavy atom. The fourth-order valence-electron chi connectivity index (χ4n) is 5.24. The summed E-state index contributed by atoms with van der Waals surface area (Å²) in [5.74, 6) is 0.447. The van der Waals surface area contributed by atoms with Gasteiger partial charge in [0.1, 0.15) is 5.75 Å². The summed E-state index contributed by atoms with van der Waals surface area (Å²) in [7, 11) is 1.58. The van der Waals surface area contributed by atoms with Crippen LogP contribution in [0.4, 0.5) is 11.4 Å². The van der Waals surface area contributed by atoms with Crippen LogP contribution in [0.3, 0.4) is 0 Å². The summed E-state index contributed by atoms with van der Waals surface area (Å²) in [6.07, 6.45) is 2.15. The number of benzene rings is 2. The highest BCUT2D eigenvalue weighted by molar-refractivity contribution is 7.80. The van der Waals surface area contributed by atoms with Gasteiger partial charge in [-0.1, -0.05) is 42.3 Å². The summed E-state index contributed by atoms with van der Waals surface area (Å²) in [5.41, 5.74) is 6.15. The molecule has 0 spiro atoms. The van der Waals surface area contributed by atoms with Crippen LogP contribution in [0, 0.1) is 13.8 Å². The number of aromatic nitrogens is 2. The van der Waals surface area contributed by atoms with E-state index in [9.17, 15) is 4.79 Å². The lowest BCUT2D eigenvalue weighted by molar-refractivity contribution is -0.115. The zero-order valence-corrected chi connectivity index (χ0v) is 24.9. The van der Waals surface area contributed by atoms with Crippen LogP contribution in [0.2, 0.25) is 10.0 Å². The molecule has 0 radical (unpaired) electrons. The van der Waals surface area contributed by atoms with Crippen molar-refractivity contribution in [2.24, 2.45) is 0 Å². The van der Waals surface area contributed by atoms with Crippen LogP contribution in [0.15, 0.2) is 66.9 Å². The van der Waals surface area contributed by atoms with Crippen molar-refractivity contribution < 1.29 is 9.53 Å². The lowest BCUT2D eigenvalue weighted by atomic mass is 9.96. The van der Waals surface area contributed by atoms with Gasteiger partial charge in [0.05, 0.1) is 46.3 Å². The number of amides is 1. The molecule has 1 fully saturated rings. The zero-order chi connectivity index (χ0) is 28.6. The molecule has 3 heterocycles. The van der Waals surface area contributed by atoms with E-state index in [1.165, 1.54) is 0 Å². The molecule has 7 nitrogen and oxygen atoms in total. The number of carbonyl (C=O) groups is 1. The topological polar surface area (TPSA) is 71.4 Å². The average molecular weight is 595 g/mol. The molecule has 4 aromatic rings. The second kappa shape index (κ2) is 11.5. The minimum Gasteiger partial charge on any atom is -0.494 e. The average Bonchev–Trinajstić information content (AvgIpc) is 3.45. The molecule has 5 rings (SSSR count). The van der Waals surface area contributed by atoms with Gasteiger partial charge < -0.3 is 24.8 Å². The summed E-state index contributed by atoms with van der Waals surface area (Å²) in [6.45, 7) is 5.92. The Bertz CT molecular complexity index is 1590. The van der Waals surface area contributed by atoms with Crippen LogP contribution in [-0.2, 0) is 4.79 Å². The number of anilines is 2. The first kappa shape index (κ1) is 28.0. The van der Waals surface area contributed by atoms with Gasteiger partial charge in [-0.25, -0.2) is 0 Å². The van der Waals surface area contributed by atoms with Gasteiger partial charge in [-0.3, -0.25) is 9.78 Å². The summed E-state index contributed by atoms with van der Waals surface area (Å²) in [5, 5.41) is 7.94. The lowest BCUT2D eigenvalue weighted by Gasteiger charge is -2.29. The first-order valence-electron chi connectivity index (χ1n) is 12.9. The minimum atomic E-state index is -0.249. The molecule has 2 aromatic heterocycles. The number of aryl methyl sites for hydroxylation is 1. The summed E-state index contributed by atoms with van der Waals surface area (Å²) in [4.78, 5) is 18.8. The van der Waals surface area contributed by atoms with Crippen LogP contribution < -0.4 is 20.3 Å². The highest BCUT2D eigenvalue weighted by Gasteiger charge is 2.42. The smallest absolute Gasteiger partial charge is 0.224 e. The predicted molar refractivity (Wildman–Crippen MR) is 165 cm³/mol. The molecule has 0 bridgehead atoms. The van der Waals surface area contributed by atoms with Crippen LogP contribution in [0.25, 0.3) is 5.69 Å². The van der Waals surface area contributed by atoms with Crippen molar-refractivity contribution in [1.29, 1.82) is 0 Å². The Labute approximate surface area is 249 Å². The maximum Gasteiger partial charge on any atom is 0.224 e. The molecule has 1 aliphatic rings. The minimum absolute atomic E-state index is 0.0929. The molecule has 206 valence electrons. The molecule has 1 amide bonds. The van der Waals surface area contributed by atoms with E-state index < -0.39 is 0 Å². The normalized spacial score (nSPS) is 16.6. The Balaban J connectivity index is 1.66. The first-order chi connectivity index (χ1) is 19.2. The molecule has 1 aliphatic heterocycles. The maximum atomic E-state index is 12.1. The number of rotatable bonds is 7. The third-order valence-electron chi connectivity index (χ3n) is 7.12. The van der Waals surface area contributed by atoms with Gasteiger partial charge in [-0.2, -0.15) is 0 Å². The van der Waals surface area contributed by atoms with Crippen LogP contribution in [0.1, 0.15) is 48.1 Å². The molecule has 1 saturated heterocycles. The Hall–Kier alpha value is -3.59. The predicted octanol–water partition coefficient (Wildman–Crippen LogP) is 7.33. The third-order valence-corrected chi connectivity index (χ3v) is 8.24. The summed E-state index contributed by atoms with van der Waals surface area (Å²) in [6, 6.07) is 18.8. The van der Waals surface area contributed by atoms with Crippen LogP contribution in [-0.4, -0.2) is 27.7 Å². The number of hydrogen-bond acceptors (Lipinski definition) is 4. The monoisotopic (exact) mass is 593 g/mol. The van der Waals surface area contributed by atoms with Gasteiger partial charge in [0.15, 0.2) is 5.11 Å². The Kier molecular flexibility index (Phi) is 8.03. The number of methoxy groups -OCH3 is 1. The number of nitrogens with one attached hydrogen (secondary N) is 2. The van der Waals surface area contributed by atoms with Gasteiger partial charge in [0.2, 0.25) is 5.91 Å². The van der Waals surface area contributed by atoms with E-state index in [2.05, 4.69) is 38.1 Å². The van der Waals surface area contributed by atoms with E-state index in [1.807, 2.05) is 55.5 Å². The van der Waals surface area contributed by atoms with Crippen molar-refractivity contribution in [1.82, 2.24) is 14.9 Å². The highest BCUT2D eigenvalue weighted by atomic mass is 35.5. The SMILES string of the molecule is CCC(=O)Nc1ccc(N2C(=S)N[C@@H](c3ccccn3)[C@H]2c2cc(C)n(-c3cccc(Cl)c3Cl)c2C)cc1OC. The first-order valence-corrected chi connectivity index (χ1v) is 14.0. The molecule has 2 atom stereocenters. The molecular weight excluding hydrogens is 565 g/mol. The van der Waals surface area contributed by atoms with E-state index in [1.54, 1.807) is 26.3 Å². The van der Waals surface area contributed by atoms with Gasteiger partial charge in [0, 0.05) is 35.8 Å². The van der Waals surface area contributed by atoms with Crippen molar-refractivity contribution in [3.8, 4) is 11.4 Å². The lowest BCUT2D eigenvalue weighted by Crippen LogP contribution is -2.29. The standard InChI is InChI=1S/C30H29Cl2N5O2S/c1-5-26(38)34-22-13-12-19(16-25(22)39-4)37-29(28(35-30(37)40)23-10-6-7-14-33-23)20-15-17(2)36(18(20)3)24-11-8-9-21(31)27(24)32/h6-16,28-29H,5H2,1-4H3,(H,34,38)(H,35,40)/t28-,29+/m0/s1. The molecular formula is C30H29Cl2N5O2S. The van der Waals surface area contributed by atoms with Crippen LogP contribution >= 0.6 is 35.4 Å². The molecule has 2 N–H and O–H groups in total. The zero-order valence-electron chi connectivity index (χ0n) is 22.5. The number of hydrogen-bond donors (Lipinski definition) is 2. The van der Waals surface area contributed by atoms with Gasteiger partial charge >= 0.3 is 0 Å². The van der Waals surface area contributed by atoms with Crippen LogP contribution in [0.5, 0.6) is 5.75 Å². The summed E-state index contributed by atoms with van der Waals surface area (Å²) < 4.78 is 7.77. The highest BCUT2D eigenvalue weighted by Crippen LogP contribution is 2.45. The van der Waals surface area contributed by atoms with Crippen molar-refractivity contribution in [2.75, 3.05) is 17.3 Å². The number of ether oxygens (including phenoxy) is 1. The molecule has 0 unspecified atom stereocenters. The van der Waals surface area contributed by atoms with Gasteiger partial charge in [0.25, 0.3) is 0 Å². The molecule has 0 aliphatic carbocycles. The molecule has 40 heavy (non-hydrogen) atoms. The van der Waals surface area contributed by atoms with Crippen molar-refractivity contribution >= 4 is 57.8 Å². The number of pyridine rings is 1. The van der Waals surface area contributed by atoms with Crippen molar-refractivity contribution in [2.45, 2.75) is 39.3 Å². The van der Waals surface area contributed by atoms with E-state index in [-0.39, 0.29) is 18.0 Å². The third kappa shape index (κ3) is 5.03. The van der Waals surface area contributed by atoms with Crippen molar-refractivity contribution in [3.63, 3.8) is 0 Å². The molecule has 2 aromatic carbocycles.